The van der Waals surface area contributed by atoms with Crippen LogP contribution in [0.1, 0.15) is 24.0 Å². The van der Waals surface area contributed by atoms with Crippen LogP contribution in [0.3, 0.4) is 0 Å². The van der Waals surface area contributed by atoms with Gasteiger partial charge in [0.15, 0.2) is 0 Å². The molecule has 10 heteroatoms. The average molecular weight is 455 g/mol. The van der Waals surface area contributed by atoms with Crippen molar-refractivity contribution >= 4 is 23.6 Å². The number of benzene rings is 2. The molecule has 1 amide bonds. The number of amides is 1. The minimum absolute atomic E-state index is 0.00976. The summed E-state index contributed by atoms with van der Waals surface area (Å²) in [5, 5.41) is 2.40. The predicted molar refractivity (Wildman–Crippen MR) is 114 cm³/mol. The maximum atomic E-state index is 12.9. The number of carbonyl (C=O) groups excluding carboxylic acids is 1. The van der Waals surface area contributed by atoms with Crippen molar-refractivity contribution in [2.45, 2.75) is 31.7 Å². The zero-order valence-electron chi connectivity index (χ0n) is 16.4. The molecule has 30 heavy (non-hydrogen) atoms. The number of rotatable bonds is 11. The summed E-state index contributed by atoms with van der Waals surface area (Å²) < 4.78 is 48.9. The molecule has 0 aliphatic heterocycles. The Morgan fingerprint density at radius 2 is 1.60 bits per heavy atom. The van der Waals surface area contributed by atoms with E-state index in [-0.39, 0.29) is 25.6 Å². The Morgan fingerprint density at radius 3 is 2.17 bits per heavy atom. The van der Waals surface area contributed by atoms with Crippen LogP contribution >= 0.6 is 7.37 Å². The lowest BCUT2D eigenvalue weighted by Gasteiger charge is -2.24. The number of hydrogen-bond acceptors (Lipinski definition) is 5. The van der Waals surface area contributed by atoms with Crippen LogP contribution in [0.5, 0.6) is 0 Å². The summed E-state index contributed by atoms with van der Waals surface area (Å²) in [5.41, 5.74) is 1.63. The Balaban J connectivity index is 2.00. The van der Waals surface area contributed by atoms with Gasteiger partial charge in [0, 0.05) is 6.16 Å². The second-order valence-electron chi connectivity index (χ2n) is 6.86. The Morgan fingerprint density at radius 1 is 1.03 bits per heavy atom. The largest absolute Gasteiger partial charge is 0.445 e. The van der Waals surface area contributed by atoms with E-state index in [1.165, 1.54) is 0 Å². The summed E-state index contributed by atoms with van der Waals surface area (Å²) in [6.07, 6.45) is -0.817. The minimum atomic E-state index is -4.21. The maximum absolute atomic E-state index is 12.9. The van der Waals surface area contributed by atoms with Gasteiger partial charge in [0.25, 0.3) is 10.1 Å². The molecule has 2 atom stereocenters. The molecule has 0 spiro atoms. The first-order chi connectivity index (χ1) is 14.2. The third-order valence-corrected chi connectivity index (χ3v) is 7.46. The third kappa shape index (κ3) is 9.09. The van der Waals surface area contributed by atoms with Crippen LogP contribution in [-0.2, 0) is 32.4 Å². The lowest BCUT2D eigenvalue weighted by Crippen LogP contribution is -2.36. The van der Waals surface area contributed by atoms with E-state index in [1.54, 1.807) is 24.3 Å². The van der Waals surface area contributed by atoms with E-state index in [2.05, 4.69) is 5.32 Å². The minimum Gasteiger partial charge on any atom is -0.445 e. The Hall–Kier alpha value is -2.19. The van der Waals surface area contributed by atoms with Crippen molar-refractivity contribution < 1.29 is 32.0 Å². The van der Waals surface area contributed by atoms with Gasteiger partial charge in [0.1, 0.15) is 12.4 Å². The van der Waals surface area contributed by atoms with Gasteiger partial charge in [-0.1, -0.05) is 60.7 Å². The van der Waals surface area contributed by atoms with Crippen molar-refractivity contribution in [2.24, 2.45) is 0 Å². The van der Waals surface area contributed by atoms with Gasteiger partial charge >= 0.3 is 6.09 Å². The summed E-state index contributed by atoms with van der Waals surface area (Å²) in [6.45, 7) is -0.00976. The van der Waals surface area contributed by atoms with E-state index in [9.17, 15) is 22.7 Å². The lowest BCUT2D eigenvalue weighted by atomic mass is 10.2. The summed E-state index contributed by atoms with van der Waals surface area (Å²) in [6, 6.07) is 18.1. The Bertz CT molecular complexity index is 952. The van der Waals surface area contributed by atoms with Gasteiger partial charge in [-0.3, -0.25) is 9.12 Å². The molecule has 3 N–H and O–H groups in total. The van der Waals surface area contributed by atoms with Gasteiger partial charge in [-0.15, -0.1) is 0 Å². The molecule has 2 aromatic carbocycles. The monoisotopic (exact) mass is 455 g/mol. The van der Waals surface area contributed by atoms with Gasteiger partial charge in [0.2, 0.25) is 7.37 Å². The Labute approximate surface area is 176 Å². The topological polar surface area (TPSA) is 130 Å². The van der Waals surface area contributed by atoms with E-state index in [1.807, 2.05) is 36.4 Å². The fourth-order valence-electron chi connectivity index (χ4n) is 2.82. The van der Waals surface area contributed by atoms with Crippen molar-refractivity contribution in [3.8, 4) is 0 Å². The highest BCUT2D eigenvalue weighted by Crippen LogP contribution is 2.47. The molecule has 0 saturated carbocycles. The first kappa shape index (κ1) is 24.1. The van der Waals surface area contributed by atoms with Crippen LogP contribution in [0.15, 0.2) is 60.7 Å². The number of hydrogen-bond donors (Lipinski definition) is 3. The van der Waals surface area contributed by atoms with Crippen LogP contribution in [-0.4, -0.2) is 41.7 Å². The molecule has 0 aliphatic rings. The quantitative estimate of drug-likeness (QED) is 0.350. The number of nitrogens with one attached hydrogen (secondary N) is 1. The second-order valence-corrected chi connectivity index (χ2v) is 11.0. The van der Waals surface area contributed by atoms with Crippen molar-refractivity contribution in [2.75, 3.05) is 11.9 Å². The van der Waals surface area contributed by atoms with Crippen molar-refractivity contribution in [1.29, 1.82) is 0 Å². The molecule has 0 bridgehead atoms. The first-order valence-electron chi connectivity index (χ1n) is 9.43. The molecular weight excluding hydrogens is 429 g/mol. The van der Waals surface area contributed by atoms with Gasteiger partial charge < -0.3 is 14.9 Å². The van der Waals surface area contributed by atoms with Crippen LogP contribution in [0.25, 0.3) is 0 Å². The van der Waals surface area contributed by atoms with Crippen molar-refractivity contribution in [1.82, 2.24) is 5.32 Å². The Kier molecular flexibility index (Phi) is 9.05. The summed E-state index contributed by atoms with van der Waals surface area (Å²) >= 11 is 0. The number of alkyl carbamates (subject to hydrolysis) is 1. The fraction of sp³-hybridized carbons (Fsp3) is 0.350. The highest BCUT2D eigenvalue weighted by molar-refractivity contribution is 7.85. The molecule has 0 fully saturated rings. The molecule has 0 heterocycles. The third-order valence-electron chi connectivity index (χ3n) is 4.43. The molecule has 0 aromatic heterocycles. The fourth-order valence-corrected chi connectivity index (χ4v) is 5.14. The van der Waals surface area contributed by atoms with Crippen LogP contribution in [0.4, 0.5) is 4.79 Å². The number of aryl methyl sites for hydroxylation is 1. The standard InChI is InChI=1S/C20H26NO7PS/c22-20(28-16-18-10-5-2-6-11-18)21-19(12-7-15-30(25,26)27)29(23,24)14-13-17-8-3-1-4-9-17/h1-6,8-11,19H,7,12-16H2,(H,21,22)(H,23,24)(H,25,26,27). The second kappa shape index (κ2) is 11.3. The number of ether oxygens (including phenoxy) is 1. The van der Waals surface area contributed by atoms with E-state index in [4.69, 9.17) is 9.29 Å². The van der Waals surface area contributed by atoms with E-state index >= 15 is 0 Å². The van der Waals surface area contributed by atoms with Gasteiger partial charge in [-0.2, -0.15) is 8.42 Å². The van der Waals surface area contributed by atoms with Gasteiger partial charge in [-0.25, -0.2) is 4.79 Å². The van der Waals surface area contributed by atoms with E-state index in [0.29, 0.717) is 6.42 Å². The van der Waals surface area contributed by atoms with E-state index in [0.717, 1.165) is 11.1 Å². The van der Waals surface area contributed by atoms with Crippen LogP contribution in [0.2, 0.25) is 0 Å². The van der Waals surface area contributed by atoms with Crippen LogP contribution in [0, 0.1) is 0 Å². The molecule has 2 unspecified atom stereocenters. The molecule has 0 saturated heterocycles. The van der Waals surface area contributed by atoms with Crippen molar-refractivity contribution in [3.05, 3.63) is 71.8 Å². The maximum Gasteiger partial charge on any atom is 0.408 e. The summed E-state index contributed by atoms with van der Waals surface area (Å²) in [7, 11) is -8.10. The summed E-state index contributed by atoms with van der Waals surface area (Å²) in [4.78, 5) is 22.7. The zero-order valence-corrected chi connectivity index (χ0v) is 18.1. The predicted octanol–water partition coefficient (Wildman–Crippen LogP) is 3.42. The molecule has 2 rings (SSSR count). The highest BCUT2D eigenvalue weighted by atomic mass is 32.2. The molecule has 164 valence electrons. The normalized spacial score (nSPS) is 14.5. The summed E-state index contributed by atoms with van der Waals surface area (Å²) in [5.74, 6) is -1.76. The molecule has 2 aromatic rings. The van der Waals surface area contributed by atoms with E-state index < -0.39 is 35.1 Å². The van der Waals surface area contributed by atoms with Gasteiger partial charge in [-0.05, 0) is 30.4 Å². The molecule has 0 radical (unpaired) electrons. The molecule has 0 aliphatic carbocycles. The lowest BCUT2D eigenvalue weighted by molar-refractivity contribution is 0.137. The zero-order chi connectivity index (χ0) is 22.0. The van der Waals surface area contributed by atoms with Gasteiger partial charge in [0.05, 0.1) is 5.75 Å². The smallest absolute Gasteiger partial charge is 0.408 e. The number of carbonyl (C=O) groups is 1. The van der Waals surface area contributed by atoms with Crippen molar-refractivity contribution in [3.63, 3.8) is 0 Å². The molecule has 8 nitrogen and oxygen atoms in total. The highest BCUT2D eigenvalue weighted by Gasteiger charge is 2.32. The first-order valence-corrected chi connectivity index (χ1v) is 13.0. The molecular formula is C20H26NO7PS. The SMILES string of the molecule is O=C(NC(CCCS(=O)(=O)O)P(=O)(O)CCc1ccccc1)OCc1ccccc1. The average Bonchev–Trinajstić information content (AvgIpc) is 2.71. The van der Waals surface area contributed by atoms with Crippen LogP contribution < -0.4 is 5.32 Å².